The smallest absolute Gasteiger partial charge is 0.188 e. The molecule has 0 aromatic heterocycles. The lowest BCUT2D eigenvalue weighted by atomic mass is 9.20. The van der Waals surface area contributed by atoms with E-state index in [0.29, 0.717) is 30.8 Å². The first-order valence-electron chi connectivity index (χ1n) is 13.0. The predicted molar refractivity (Wildman–Crippen MR) is 129 cm³/mol. The van der Waals surface area contributed by atoms with Crippen molar-refractivity contribution in [1.82, 2.24) is 0 Å². The number of ether oxygens (including phenoxy) is 3. The van der Waals surface area contributed by atoms with E-state index in [4.69, 9.17) is 14.2 Å². The molecule has 0 aromatic rings. The topological polar surface area (TPSA) is 27.7 Å². The average Bonchev–Trinajstić information content (AvgIpc) is 2.73. The van der Waals surface area contributed by atoms with E-state index in [1.54, 1.807) is 7.11 Å². The Hall–Kier alpha value is -0.475. The molecule has 0 aromatic carbocycles. The lowest BCUT2D eigenvalue weighted by Crippen LogP contribution is -2.59. The number of hydrogen-bond acceptors (Lipinski definition) is 3. The molecule has 0 amide bonds. The first-order chi connectivity index (χ1) is 14.7. The highest BCUT2D eigenvalue weighted by atomic mass is 16.7. The Morgan fingerprint density at radius 1 is 0.839 bits per heavy atom. The molecule has 176 valence electrons. The van der Waals surface area contributed by atoms with Crippen LogP contribution in [0.25, 0.3) is 0 Å². The summed E-state index contributed by atoms with van der Waals surface area (Å²) in [5.41, 5.74) is 1.14. The largest absolute Gasteiger partial charge is 0.476 e. The summed E-state index contributed by atoms with van der Waals surface area (Å²) in [6.45, 7) is 17.6. The van der Waals surface area contributed by atoms with Crippen molar-refractivity contribution < 1.29 is 14.2 Å². The molecule has 4 heteroatoms. The summed E-state index contributed by atoms with van der Waals surface area (Å²) in [6, 6.07) is 0. The summed E-state index contributed by atoms with van der Waals surface area (Å²) in [5, 5.41) is 0. The van der Waals surface area contributed by atoms with E-state index in [9.17, 15) is 0 Å². The molecule has 4 bridgehead atoms. The average molecular weight is 430 g/mol. The van der Waals surface area contributed by atoms with Gasteiger partial charge in [-0.15, -0.1) is 0 Å². The molecule has 0 N–H and O–H groups in total. The Bertz CT molecular complexity index is 602. The van der Waals surface area contributed by atoms with Crippen LogP contribution < -0.4 is 0 Å². The van der Waals surface area contributed by atoms with E-state index in [1.807, 2.05) is 6.26 Å². The van der Waals surface area contributed by atoms with Gasteiger partial charge in [-0.2, -0.15) is 0 Å². The van der Waals surface area contributed by atoms with Crippen LogP contribution in [0.3, 0.4) is 0 Å². The van der Waals surface area contributed by atoms with Crippen LogP contribution in [-0.2, 0) is 14.2 Å². The Balaban J connectivity index is 1.41. The molecule has 6 saturated carbocycles. The molecule has 0 saturated heterocycles. The fraction of sp³-hybridized carbons (Fsp3) is 0.926. The van der Waals surface area contributed by atoms with Gasteiger partial charge in [-0.05, 0) is 59.2 Å². The highest BCUT2D eigenvalue weighted by Crippen LogP contribution is 2.69. The Kier molecular flexibility index (Phi) is 6.91. The van der Waals surface area contributed by atoms with Gasteiger partial charge in [0.15, 0.2) is 13.5 Å². The van der Waals surface area contributed by atoms with Gasteiger partial charge >= 0.3 is 0 Å². The van der Waals surface area contributed by atoms with Gasteiger partial charge < -0.3 is 14.2 Å². The van der Waals surface area contributed by atoms with E-state index < -0.39 is 0 Å². The van der Waals surface area contributed by atoms with Crippen LogP contribution in [0.2, 0.25) is 18.0 Å². The molecule has 8 atom stereocenters. The minimum atomic E-state index is 0.320. The summed E-state index contributed by atoms with van der Waals surface area (Å²) < 4.78 is 16.1. The second-order valence-electron chi connectivity index (χ2n) is 12.7. The second kappa shape index (κ2) is 9.05. The van der Waals surface area contributed by atoms with Crippen LogP contribution in [0.15, 0.2) is 12.3 Å². The lowest BCUT2D eigenvalue weighted by Gasteiger charge is -2.66. The molecule has 6 fully saturated rings. The van der Waals surface area contributed by atoms with Gasteiger partial charge in [-0.25, -0.2) is 0 Å². The van der Waals surface area contributed by atoms with Crippen molar-refractivity contribution in [2.75, 3.05) is 27.1 Å². The fourth-order valence-electron chi connectivity index (χ4n) is 8.75. The summed E-state index contributed by atoms with van der Waals surface area (Å²) >= 11 is 0. The normalized spacial score (nSPS) is 42.0. The number of hydrogen-bond donors (Lipinski definition) is 0. The summed E-state index contributed by atoms with van der Waals surface area (Å²) in [4.78, 5) is 0. The van der Waals surface area contributed by atoms with Crippen molar-refractivity contribution in [3.63, 3.8) is 0 Å². The van der Waals surface area contributed by atoms with Gasteiger partial charge in [0.05, 0.1) is 19.5 Å². The van der Waals surface area contributed by atoms with Gasteiger partial charge in [-0.3, -0.25) is 0 Å². The highest BCUT2D eigenvalue weighted by molar-refractivity contribution is 6.62. The van der Waals surface area contributed by atoms with Gasteiger partial charge in [-0.1, -0.05) is 78.4 Å². The maximum absolute atomic E-state index is 5.63. The van der Waals surface area contributed by atoms with Crippen LogP contribution in [0.1, 0.15) is 67.2 Å². The van der Waals surface area contributed by atoms with Gasteiger partial charge in [0.1, 0.15) is 0 Å². The molecule has 6 aliphatic rings. The van der Waals surface area contributed by atoms with E-state index in [-0.39, 0.29) is 0 Å². The molecular weight excluding hydrogens is 383 g/mol. The second-order valence-corrected chi connectivity index (χ2v) is 12.7. The maximum atomic E-state index is 5.63. The van der Waals surface area contributed by atoms with Crippen molar-refractivity contribution in [3.8, 4) is 0 Å². The third kappa shape index (κ3) is 4.14. The Labute approximate surface area is 192 Å². The zero-order valence-electron chi connectivity index (χ0n) is 21.2. The molecule has 6 aliphatic carbocycles. The zero-order chi connectivity index (χ0) is 22.4. The Morgan fingerprint density at radius 2 is 1.39 bits per heavy atom. The minimum absolute atomic E-state index is 0.320. The van der Waals surface area contributed by atoms with Crippen LogP contribution >= 0.6 is 0 Å². The van der Waals surface area contributed by atoms with Crippen molar-refractivity contribution in [2.45, 2.75) is 85.2 Å². The van der Waals surface area contributed by atoms with Gasteiger partial charge in [0.25, 0.3) is 0 Å². The molecule has 0 spiro atoms. The quantitative estimate of drug-likeness (QED) is 0.166. The molecule has 3 nitrogen and oxygen atoms in total. The zero-order valence-corrected chi connectivity index (χ0v) is 21.2. The van der Waals surface area contributed by atoms with Gasteiger partial charge in [0.2, 0.25) is 0 Å². The van der Waals surface area contributed by atoms with E-state index in [2.05, 4.69) is 47.6 Å². The Morgan fingerprint density at radius 3 is 1.84 bits per heavy atom. The molecular formula is C27H47BO3. The SMILES string of the molecule is COCCOCO/C=C\CB([C@H]1C[C@H]2C[C@@H]([C@@H]1C)C2(C)C)[C@H]1C[C@H]2C[C@@H]([C@@H]1C)C2(C)C. The lowest BCUT2D eigenvalue weighted by molar-refractivity contribution is -0.107. The standard InChI is InChI=1S/C27H47BO3/c1-18-22-13-20(26(22,3)4)15-24(18)28(9-8-10-30-17-31-12-11-29-7)25-16-21-14-23(19(25)2)27(21,5)6/h8,10,18-25H,9,11-17H2,1-7H3/b10-8-/t18-,19-,20+,21+,22-,23-,24-,25-/m0/s1. The molecule has 6 rings (SSSR count). The number of rotatable bonds is 10. The summed E-state index contributed by atoms with van der Waals surface area (Å²) in [7, 11) is 1.69. The first-order valence-corrected chi connectivity index (χ1v) is 13.0. The third-order valence-corrected chi connectivity index (χ3v) is 11.1. The number of allylic oxidation sites excluding steroid dienone is 1. The van der Waals surface area contributed by atoms with E-state index in [1.165, 1.54) is 32.0 Å². The van der Waals surface area contributed by atoms with Crippen molar-refractivity contribution in [1.29, 1.82) is 0 Å². The maximum Gasteiger partial charge on any atom is 0.188 e. The molecule has 31 heavy (non-hydrogen) atoms. The van der Waals surface area contributed by atoms with E-state index in [0.717, 1.165) is 53.9 Å². The highest BCUT2D eigenvalue weighted by Gasteiger charge is 2.61. The molecule has 0 unspecified atom stereocenters. The van der Waals surface area contributed by atoms with Crippen molar-refractivity contribution >= 4 is 6.71 Å². The number of fused-ring (bicyclic) bond motifs is 4. The number of methoxy groups -OCH3 is 1. The van der Waals surface area contributed by atoms with Crippen LogP contribution in [-0.4, -0.2) is 33.8 Å². The van der Waals surface area contributed by atoms with Crippen molar-refractivity contribution in [2.24, 2.45) is 46.3 Å². The first kappa shape index (κ1) is 23.7. The molecule has 0 heterocycles. The van der Waals surface area contributed by atoms with Gasteiger partial charge in [0, 0.05) is 7.11 Å². The van der Waals surface area contributed by atoms with Crippen molar-refractivity contribution in [3.05, 3.63) is 12.3 Å². The van der Waals surface area contributed by atoms with Crippen LogP contribution in [0.5, 0.6) is 0 Å². The predicted octanol–water partition coefficient (Wildman–Crippen LogP) is 6.78. The van der Waals surface area contributed by atoms with E-state index >= 15 is 0 Å². The van der Waals surface area contributed by atoms with Crippen LogP contribution in [0.4, 0.5) is 0 Å². The monoisotopic (exact) mass is 430 g/mol. The minimum Gasteiger partial charge on any atom is -0.476 e. The molecule has 0 aliphatic heterocycles. The summed E-state index contributed by atoms with van der Waals surface area (Å²) in [6.07, 6.45) is 11.2. The third-order valence-electron chi connectivity index (χ3n) is 11.1. The fourth-order valence-corrected chi connectivity index (χ4v) is 8.75. The molecule has 0 radical (unpaired) electrons. The summed E-state index contributed by atoms with van der Waals surface area (Å²) in [5.74, 6) is 7.22. The van der Waals surface area contributed by atoms with Crippen LogP contribution in [0, 0.1) is 46.3 Å².